The lowest BCUT2D eigenvalue weighted by Crippen LogP contribution is -2.42. The average molecular weight is 218 g/mol. The number of rotatable bonds is 8. The maximum Gasteiger partial charge on any atom is 0.323 e. The van der Waals surface area contributed by atoms with Gasteiger partial charge in [-0.05, 0) is 6.54 Å². The lowest BCUT2D eigenvalue weighted by molar-refractivity contribution is -0.144. The number of ether oxygens (including phenoxy) is 1. The predicted octanol–water partition coefficient (Wildman–Crippen LogP) is -0.844. The summed E-state index contributed by atoms with van der Waals surface area (Å²) in [4.78, 5) is 23.2. The molecule has 0 aromatic carbocycles. The smallest absolute Gasteiger partial charge is 0.323 e. The molecule has 0 aliphatic rings. The highest BCUT2D eigenvalue weighted by atomic mass is 16.5. The summed E-state index contributed by atoms with van der Waals surface area (Å²) < 4.78 is 4.80. The lowest BCUT2D eigenvalue weighted by Gasteiger charge is -2.20. The zero-order valence-corrected chi connectivity index (χ0v) is 9.15. The number of carboxylic acid groups (broad SMARTS) is 1. The molecular formula is C9H18N2O4. The van der Waals surface area contributed by atoms with E-state index in [0.29, 0.717) is 19.7 Å². The summed E-state index contributed by atoms with van der Waals surface area (Å²) in [6.07, 6.45) is 0. The van der Waals surface area contributed by atoms with E-state index in [1.54, 1.807) is 0 Å². The second kappa shape index (κ2) is 8.19. The van der Waals surface area contributed by atoms with Crippen LogP contribution in [0.25, 0.3) is 0 Å². The van der Waals surface area contributed by atoms with Crippen LogP contribution in [0.4, 0.5) is 0 Å². The molecule has 0 atom stereocenters. The molecule has 0 radical (unpaired) electrons. The number of aliphatic carboxylic acids is 1. The minimum Gasteiger partial charge on any atom is -0.480 e. The first-order valence-electron chi connectivity index (χ1n) is 4.81. The molecule has 0 aliphatic carbocycles. The van der Waals surface area contributed by atoms with Crippen LogP contribution in [0.3, 0.4) is 0 Å². The van der Waals surface area contributed by atoms with E-state index in [1.165, 1.54) is 12.0 Å². The second-order valence-corrected chi connectivity index (χ2v) is 2.98. The van der Waals surface area contributed by atoms with Crippen LogP contribution in [-0.2, 0) is 14.3 Å². The highest BCUT2D eigenvalue weighted by molar-refractivity contribution is 5.82. The fraction of sp³-hybridized carbons (Fsp3) is 0.778. The molecule has 6 heteroatoms. The van der Waals surface area contributed by atoms with Gasteiger partial charge in [0.1, 0.15) is 6.54 Å². The van der Waals surface area contributed by atoms with E-state index in [-0.39, 0.29) is 19.0 Å². The third-order valence-electron chi connectivity index (χ3n) is 1.77. The van der Waals surface area contributed by atoms with Crippen molar-refractivity contribution in [2.24, 2.45) is 0 Å². The van der Waals surface area contributed by atoms with E-state index in [0.717, 1.165) is 0 Å². The van der Waals surface area contributed by atoms with Crippen molar-refractivity contribution in [1.82, 2.24) is 10.2 Å². The van der Waals surface area contributed by atoms with Crippen LogP contribution in [0.1, 0.15) is 6.92 Å². The summed E-state index contributed by atoms with van der Waals surface area (Å²) >= 11 is 0. The van der Waals surface area contributed by atoms with E-state index in [9.17, 15) is 9.59 Å². The normalized spacial score (nSPS) is 10.0. The molecule has 0 unspecified atom stereocenters. The van der Waals surface area contributed by atoms with E-state index < -0.39 is 5.97 Å². The zero-order chi connectivity index (χ0) is 11.7. The molecule has 0 aromatic rings. The molecule has 0 bridgehead atoms. The van der Waals surface area contributed by atoms with Crippen molar-refractivity contribution in [3.05, 3.63) is 0 Å². The van der Waals surface area contributed by atoms with Crippen LogP contribution >= 0.6 is 0 Å². The third-order valence-corrected chi connectivity index (χ3v) is 1.77. The summed E-state index contributed by atoms with van der Waals surface area (Å²) in [5.74, 6) is -1.24. The summed E-state index contributed by atoms with van der Waals surface area (Å²) in [5, 5.41) is 11.5. The van der Waals surface area contributed by atoms with E-state index >= 15 is 0 Å². The molecule has 0 heterocycles. The van der Waals surface area contributed by atoms with Gasteiger partial charge >= 0.3 is 5.97 Å². The fourth-order valence-electron chi connectivity index (χ4n) is 1.00. The molecule has 0 saturated heterocycles. The number of likely N-dealkylation sites (N-methyl/N-ethyl adjacent to an activating group) is 1. The molecule has 0 spiro atoms. The largest absolute Gasteiger partial charge is 0.480 e. The molecule has 1 amide bonds. The predicted molar refractivity (Wildman–Crippen MR) is 54.6 cm³/mol. The number of carbonyl (C=O) groups excluding carboxylic acids is 1. The Morgan fingerprint density at radius 1 is 1.47 bits per heavy atom. The van der Waals surface area contributed by atoms with Gasteiger partial charge in [0.15, 0.2) is 0 Å². The van der Waals surface area contributed by atoms with Crippen molar-refractivity contribution < 1.29 is 19.4 Å². The molecule has 0 rings (SSSR count). The SMILES string of the molecule is CCNCC(=O)N(CCOC)CC(=O)O. The van der Waals surface area contributed by atoms with Gasteiger partial charge in [-0.15, -0.1) is 0 Å². The van der Waals surface area contributed by atoms with E-state index in [2.05, 4.69) is 5.32 Å². The van der Waals surface area contributed by atoms with E-state index in [4.69, 9.17) is 9.84 Å². The fourth-order valence-corrected chi connectivity index (χ4v) is 1.00. The average Bonchev–Trinajstić information content (AvgIpc) is 2.20. The standard InChI is InChI=1S/C9H18N2O4/c1-3-10-6-8(12)11(4-5-15-2)7-9(13)14/h10H,3-7H2,1-2H3,(H,13,14). The van der Waals surface area contributed by atoms with Crippen molar-refractivity contribution in [3.8, 4) is 0 Å². The summed E-state index contributed by atoms with van der Waals surface area (Å²) in [5.41, 5.74) is 0. The Kier molecular flexibility index (Phi) is 7.57. The van der Waals surface area contributed by atoms with Gasteiger partial charge in [0.05, 0.1) is 13.2 Å². The molecule has 2 N–H and O–H groups in total. The van der Waals surface area contributed by atoms with Crippen molar-refractivity contribution in [3.63, 3.8) is 0 Å². The van der Waals surface area contributed by atoms with Crippen LogP contribution in [0.5, 0.6) is 0 Å². The number of nitrogens with zero attached hydrogens (tertiary/aromatic N) is 1. The Morgan fingerprint density at radius 3 is 2.60 bits per heavy atom. The molecular weight excluding hydrogens is 200 g/mol. The molecule has 88 valence electrons. The number of carboxylic acids is 1. The van der Waals surface area contributed by atoms with Gasteiger partial charge < -0.3 is 20.1 Å². The lowest BCUT2D eigenvalue weighted by atomic mass is 10.4. The van der Waals surface area contributed by atoms with Crippen molar-refractivity contribution >= 4 is 11.9 Å². The van der Waals surface area contributed by atoms with Crippen LogP contribution in [-0.4, -0.2) is 61.8 Å². The monoisotopic (exact) mass is 218 g/mol. The van der Waals surface area contributed by atoms with E-state index in [1.807, 2.05) is 6.92 Å². The van der Waals surface area contributed by atoms with Gasteiger partial charge in [-0.1, -0.05) is 6.92 Å². The van der Waals surface area contributed by atoms with Crippen LogP contribution in [0.15, 0.2) is 0 Å². The maximum atomic E-state index is 11.5. The Balaban J connectivity index is 4.07. The van der Waals surface area contributed by atoms with Gasteiger partial charge in [0.25, 0.3) is 0 Å². The number of nitrogens with one attached hydrogen (secondary N) is 1. The van der Waals surface area contributed by atoms with Crippen molar-refractivity contribution in [2.45, 2.75) is 6.92 Å². The molecule has 0 fully saturated rings. The Bertz CT molecular complexity index is 208. The van der Waals surface area contributed by atoms with Gasteiger partial charge in [-0.25, -0.2) is 0 Å². The first kappa shape index (κ1) is 13.9. The van der Waals surface area contributed by atoms with Crippen LogP contribution < -0.4 is 5.32 Å². The Labute approximate surface area is 89.2 Å². The van der Waals surface area contributed by atoms with Gasteiger partial charge in [-0.3, -0.25) is 9.59 Å². The summed E-state index contributed by atoms with van der Waals surface area (Å²) in [6.45, 7) is 3.07. The molecule has 0 saturated carbocycles. The maximum absolute atomic E-state index is 11.5. The first-order chi connectivity index (χ1) is 7.11. The number of hydrogen-bond donors (Lipinski definition) is 2. The molecule has 15 heavy (non-hydrogen) atoms. The first-order valence-corrected chi connectivity index (χ1v) is 4.81. The zero-order valence-electron chi connectivity index (χ0n) is 9.15. The topological polar surface area (TPSA) is 78.9 Å². The number of hydrogen-bond acceptors (Lipinski definition) is 4. The molecule has 0 aromatic heterocycles. The molecule has 6 nitrogen and oxygen atoms in total. The minimum absolute atomic E-state index is 0.160. The Hall–Kier alpha value is -1.14. The van der Waals surface area contributed by atoms with Gasteiger partial charge in [0, 0.05) is 13.7 Å². The highest BCUT2D eigenvalue weighted by Gasteiger charge is 2.15. The van der Waals surface area contributed by atoms with Crippen molar-refractivity contribution in [2.75, 3.05) is 39.9 Å². The van der Waals surface area contributed by atoms with Crippen molar-refractivity contribution in [1.29, 1.82) is 0 Å². The van der Waals surface area contributed by atoms with Crippen LogP contribution in [0, 0.1) is 0 Å². The number of carbonyl (C=O) groups is 2. The number of amides is 1. The minimum atomic E-state index is -1.02. The second-order valence-electron chi connectivity index (χ2n) is 2.98. The molecule has 0 aliphatic heterocycles. The third kappa shape index (κ3) is 6.87. The van der Waals surface area contributed by atoms with Gasteiger partial charge in [0.2, 0.25) is 5.91 Å². The number of methoxy groups -OCH3 is 1. The van der Waals surface area contributed by atoms with Crippen LogP contribution in [0.2, 0.25) is 0 Å². The summed E-state index contributed by atoms with van der Waals surface area (Å²) in [7, 11) is 1.51. The van der Waals surface area contributed by atoms with Gasteiger partial charge in [-0.2, -0.15) is 0 Å². The quantitative estimate of drug-likeness (QED) is 0.555. The Morgan fingerprint density at radius 2 is 2.13 bits per heavy atom. The highest BCUT2D eigenvalue weighted by Crippen LogP contribution is 1.90. The summed E-state index contributed by atoms with van der Waals surface area (Å²) in [6, 6.07) is 0.